The number of nitrogens with zero attached hydrogens (tertiary/aromatic N) is 2. The SMILES string of the molecule is CC.FC1(F)CC2(CN(c3ccc(SNCc4ccncc4)cc3)C2)C1. The molecule has 2 aliphatic rings. The van der Waals surface area contributed by atoms with Crippen molar-refractivity contribution in [3.63, 3.8) is 0 Å². The average Bonchev–Trinajstić information content (AvgIpc) is 2.61. The zero-order valence-electron chi connectivity index (χ0n) is 15.2. The Morgan fingerprint density at radius 1 is 1.04 bits per heavy atom. The molecule has 26 heavy (non-hydrogen) atoms. The summed E-state index contributed by atoms with van der Waals surface area (Å²) < 4.78 is 29.4. The molecule has 1 aliphatic carbocycles. The Morgan fingerprint density at radius 3 is 2.23 bits per heavy atom. The molecule has 1 saturated carbocycles. The van der Waals surface area contributed by atoms with E-state index in [0.717, 1.165) is 30.2 Å². The number of rotatable bonds is 5. The molecule has 0 atom stereocenters. The molecule has 4 rings (SSSR count). The molecule has 1 aliphatic heterocycles. The molecule has 140 valence electrons. The minimum absolute atomic E-state index is 0.0589. The Hall–Kier alpha value is -1.66. The fourth-order valence-electron chi connectivity index (χ4n) is 3.64. The number of benzene rings is 1. The first-order chi connectivity index (χ1) is 12.5. The molecule has 0 amide bonds. The normalized spacial score (nSPS) is 19.2. The van der Waals surface area contributed by atoms with E-state index in [1.165, 1.54) is 5.56 Å². The van der Waals surface area contributed by atoms with Crippen molar-refractivity contribution in [3.05, 3.63) is 54.4 Å². The quantitative estimate of drug-likeness (QED) is 0.730. The molecule has 0 radical (unpaired) electrons. The van der Waals surface area contributed by atoms with Crippen molar-refractivity contribution in [3.8, 4) is 0 Å². The largest absolute Gasteiger partial charge is 0.370 e. The number of anilines is 1. The van der Waals surface area contributed by atoms with Crippen molar-refractivity contribution < 1.29 is 8.78 Å². The first kappa shape index (κ1) is 19.1. The summed E-state index contributed by atoms with van der Waals surface area (Å²) in [6.45, 7) is 6.29. The molecule has 2 aromatic rings. The zero-order chi connectivity index (χ0) is 18.6. The van der Waals surface area contributed by atoms with Gasteiger partial charge in [0.25, 0.3) is 0 Å². The number of pyridine rings is 1. The van der Waals surface area contributed by atoms with Crippen LogP contribution in [0.2, 0.25) is 0 Å². The number of aromatic nitrogens is 1. The summed E-state index contributed by atoms with van der Waals surface area (Å²) in [7, 11) is 0. The van der Waals surface area contributed by atoms with Crippen LogP contribution in [0, 0.1) is 5.41 Å². The monoisotopic (exact) mass is 377 g/mol. The van der Waals surface area contributed by atoms with E-state index in [1.54, 1.807) is 24.3 Å². The second-order valence-corrected chi connectivity index (χ2v) is 7.80. The van der Waals surface area contributed by atoms with Crippen molar-refractivity contribution in [2.24, 2.45) is 5.41 Å². The molecular weight excluding hydrogens is 352 g/mol. The molecule has 2 fully saturated rings. The predicted octanol–water partition coefficient (Wildman–Crippen LogP) is 5.14. The maximum atomic E-state index is 13.0. The Labute approximate surface area is 158 Å². The van der Waals surface area contributed by atoms with E-state index in [4.69, 9.17) is 0 Å². The topological polar surface area (TPSA) is 28.2 Å². The van der Waals surface area contributed by atoms with Gasteiger partial charge in [-0.15, -0.1) is 0 Å². The number of nitrogens with one attached hydrogen (secondary N) is 1. The smallest absolute Gasteiger partial charge is 0.249 e. The highest BCUT2D eigenvalue weighted by atomic mass is 32.2. The molecule has 3 nitrogen and oxygen atoms in total. The first-order valence-electron chi connectivity index (χ1n) is 9.05. The van der Waals surface area contributed by atoms with Crippen molar-refractivity contribution in [2.75, 3.05) is 18.0 Å². The molecule has 0 unspecified atom stereocenters. The van der Waals surface area contributed by atoms with Gasteiger partial charge >= 0.3 is 0 Å². The van der Waals surface area contributed by atoms with Gasteiger partial charge in [-0.1, -0.05) is 13.8 Å². The second kappa shape index (κ2) is 7.92. The molecule has 1 spiro atoms. The lowest BCUT2D eigenvalue weighted by Gasteiger charge is -2.59. The van der Waals surface area contributed by atoms with Gasteiger partial charge in [0.2, 0.25) is 5.92 Å². The van der Waals surface area contributed by atoms with Gasteiger partial charge in [-0.3, -0.25) is 9.71 Å². The van der Waals surface area contributed by atoms with E-state index in [9.17, 15) is 8.78 Å². The van der Waals surface area contributed by atoms with E-state index in [-0.39, 0.29) is 18.3 Å². The van der Waals surface area contributed by atoms with Crippen molar-refractivity contribution >= 4 is 17.6 Å². The highest BCUT2D eigenvalue weighted by molar-refractivity contribution is 7.97. The highest BCUT2D eigenvalue weighted by Crippen LogP contribution is 2.57. The lowest BCUT2D eigenvalue weighted by molar-refractivity contribution is -0.170. The van der Waals surface area contributed by atoms with Gasteiger partial charge in [0, 0.05) is 60.9 Å². The molecule has 1 N–H and O–H groups in total. The van der Waals surface area contributed by atoms with Gasteiger partial charge in [0.1, 0.15) is 0 Å². The van der Waals surface area contributed by atoms with Crippen LogP contribution in [0.15, 0.2) is 53.7 Å². The Morgan fingerprint density at radius 2 is 1.65 bits per heavy atom. The number of hydrogen-bond acceptors (Lipinski definition) is 4. The second-order valence-electron chi connectivity index (χ2n) is 6.84. The van der Waals surface area contributed by atoms with Crippen LogP contribution in [-0.2, 0) is 6.54 Å². The lowest BCUT2D eigenvalue weighted by Crippen LogP contribution is -2.65. The maximum Gasteiger partial charge on any atom is 0.249 e. The zero-order valence-corrected chi connectivity index (χ0v) is 16.0. The molecule has 1 aromatic heterocycles. The average molecular weight is 378 g/mol. The highest BCUT2D eigenvalue weighted by Gasteiger charge is 2.61. The van der Waals surface area contributed by atoms with Gasteiger partial charge in [-0.25, -0.2) is 8.78 Å². The minimum atomic E-state index is -2.42. The third kappa shape index (κ3) is 4.35. The summed E-state index contributed by atoms with van der Waals surface area (Å²) in [6, 6.07) is 12.3. The Kier molecular flexibility index (Phi) is 5.82. The van der Waals surface area contributed by atoms with Crippen LogP contribution in [0.1, 0.15) is 32.3 Å². The predicted molar refractivity (Wildman–Crippen MR) is 104 cm³/mol. The Balaban J connectivity index is 0.000000948. The minimum Gasteiger partial charge on any atom is -0.370 e. The van der Waals surface area contributed by atoms with Gasteiger partial charge in [0.05, 0.1) is 0 Å². The molecule has 2 heterocycles. The van der Waals surface area contributed by atoms with Crippen LogP contribution in [0.4, 0.5) is 14.5 Å². The third-order valence-corrected chi connectivity index (χ3v) is 5.53. The van der Waals surface area contributed by atoms with E-state index in [0.29, 0.717) is 0 Å². The van der Waals surface area contributed by atoms with Gasteiger partial charge in [0.15, 0.2) is 0 Å². The van der Waals surface area contributed by atoms with E-state index < -0.39 is 5.92 Å². The van der Waals surface area contributed by atoms with E-state index >= 15 is 0 Å². The maximum absolute atomic E-state index is 13.0. The van der Waals surface area contributed by atoms with Crippen LogP contribution in [-0.4, -0.2) is 24.0 Å². The summed E-state index contributed by atoms with van der Waals surface area (Å²) in [5, 5.41) is 0. The molecule has 0 bridgehead atoms. The van der Waals surface area contributed by atoms with E-state index in [2.05, 4.69) is 38.9 Å². The number of alkyl halides is 2. The lowest BCUT2D eigenvalue weighted by atomic mass is 9.61. The van der Waals surface area contributed by atoms with Crippen molar-refractivity contribution in [1.29, 1.82) is 0 Å². The van der Waals surface area contributed by atoms with Gasteiger partial charge < -0.3 is 4.90 Å². The summed E-state index contributed by atoms with van der Waals surface area (Å²) in [4.78, 5) is 7.32. The summed E-state index contributed by atoms with van der Waals surface area (Å²) in [5.74, 6) is -2.42. The fourth-order valence-corrected chi connectivity index (χ4v) is 4.32. The van der Waals surface area contributed by atoms with Crippen molar-refractivity contribution in [1.82, 2.24) is 9.71 Å². The Bertz CT molecular complexity index is 691. The van der Waals surface area contributed by atoms with Crippen LogP contribution in [0.5, 0.6) is 0 Å². The first-order valence-corrected chi connectivity index (χ1v) is 9.87. The summed E-state index contributed by atoms with van der Waals surface area (Å²) in [6.07, 6.45) is 3.69. The molecular formula is C20H25F2N3S. The standard InChI is InChI=1S/C18H19F2N3S.C2H6/c19-18(20)10-17(11-18)12-23(13-17)15-1-3-16(4-2-15)24-22-9-14-5-7-21-8-6-14;1-2/h1-8,22H,9-13H2;1-2H3. The number of hydrogen-bond donors (Lipinski definition) is 1. The molecule has 1 aromatic carbocycles. The summed E-state index contributed by atoms with van der Waals surface area (Å²) in [5.41, 5.74) is 2.19. The van der Waals surface area contributed by atoms with Gasteiger partial charge in [-0.2, -0.15) is 0 Å². The third-order valence-electron chi connectivity index (χ3n) is 4.74. The van der Waals surface area contributed by atoms with Crippen LogP contribution < -0.4 is 9.62 Å². The van der Waals surface area contributed by atoms with E-state index in [1.807, 2.05) is 26.0 Å². The van der Waals surface area contributed by atoms with Crippen molar-refractivity contribution in [2.45, 2.75) is 44.1 Å². The summed E-state index contributed by atoms with van der Waals surface area (Å²) >= 11 is 1.59. The van der Waals surface area contributed by atoms with Gasteiger partial charge in [-0.05, 0) is 53.9 Å². The molecule has 1 saturated heterocycles. The number of halogens is 2. The fraction of sp³-hybridized carbons (Fsp3) is 0.450. The van der Waals surface area contributed by atoms with Crippen LogP contribution in [0.25, 0.3) is 0 Å². The van der Waals surface area contributed by atoms with Crippen LogP contribution in [0.3, 0.4) is 0 Å². The molecule has 6 heteroatoms. The van der Waals surface area contributed by atoms with Crippen LogP contribution >= 0.6 is 11.9 Å².